The predicted octanol–water partition coefficient (Wildman–Crippen LogP) is 0.481. The van der Waals surface area contributed by atoms with E-state index in [2.05, 4.69) is 4.98 Å². The molecule has 0 saturated carbocycles. The Morgan fingerprint density at radius 3 is 3.07 bits per heavy atom. The van der Waals surface area contributed by atoms with Gasteiger partial charge in [0.2, 0.25) is 0 Å². The van der Waals surface area contributed by atoms with Crippen molar-refractivity contribution in [3.63, 3.8) is 0 Å². The van der Waals surface area contributed by atoms with Gasteiger partial charge in [-0.1, -0.05) is 11.6 Å². The Morgan fingerprint density at radius 1 is 1.71 bits per heavy atom. The van der Waals surface area contributed by atoms with Crippen LogP contribution in [0.3, 0.4) is 0 Å². The van der Waals surface area contributed by atoms with Gasteiger partial charge in [-0.25, -0.2) is 4.98 Å². The van der Waals surface area contributed by atoms with Crippen LogP contribution in [-0.4, -0.2) is 26.8 Å². The first-order valence-corrected chi connectivity index (χ1v) is 5.07. The lowest BCUT2D eigenvalue weighted by molar-refractivity contribution is 0.0240. The molecule has 1 aliphatic rings. The molecule has 1 aliphatic heterocycles. The van der Waals surface area contributed by atoms with E-state index in [0.717, 1.165) is 18.1 Å². The molecule has 1 aromatic heterocycles. The molecule has 1 atom stereocenters. The first-order valence-electron chi connectivity index (χ1n) is 4.70. The van der Waals surface area contributed by atoms with E-state index < -0.39 is 5.60 Å². The number of imidazole rings is 1. The lowest BCUT2D eigenvalue weighted by Gasteiger charge is -2.32. The molecule has 3 N–H and O–H groups in total. The van der Waals surface area contributed by atoms with E-state index >= 15 is 0 Å². The first-order chi connectivity index (χ1) is 6.56. The summed E-state index contributed by atoms with van der Waals surface area (Å²) in [6, 6.07) is 0. The van der Waals surface area contributed by atoms with Crippen molar-refractivity contribution < 1.29 is 5.11 Å². The average molecular weight is 216 g/mol. The van der Waals surface area contributed by atoms with Gasteiger partial charge in [0, 0.05) is 19.5 Å². The summed E-state index contributed by atoms with van der Waals surface area (Å²) in [5, 5.41) is 10.5. The molecule has 0 spiro atoms. The fourth-order valence-corrected chi connectivity index (χ4v) is 2.22. The smallest absolute Gasteiger partial charge is 0.150 e. The highest BCUT2D eigenvalue weighted by Gasteiger charge is 2.33. The van der Waals surface area contributed by atoms with Crippen molar-refractivity contribution >= 4 is 11.6 Å². The van der Waals surface area contributed by atoms with Gasteiger partial charge in [-0.2, -0.15) is 0 Å². The quantitative estimate of drug-likeness (QED) is 0.717. The molecule has 2 heterocycles. The second kappa shape index (κ2) is 3.22. The molecule has 0 fully saturated rings. The number of nitrogens with zero attached hydrogens (tertiary/aromatic N) is 2. The molecular formula is C9H14ClN3O. The summed E-state index contributed by atoms with van der Waals surface area (Å²) < 4.78 is 2.05. The zero-order valence-corrected chi connectivity index (χ0v) is 8.88. The molecule has 14 heavy (non-hydrogen) atoms. The highest BCUT2D eigenvalue weighted by molar-refractivity contribution is 6.30. The Bertz CT molecular complexity index is 363. The zero-order chi connectivity index (χ0) is 10.3. The Kier molecular flexibility index (Phi) is 2.29. The molecule has 1 unspecified atom stereocenters. The summed E-state index contributed by atoms with van der Waals surface area (Å²) >= 11 is 5.96. The maximum atomic E-state index is 10.0. The summed E-state index contributed by atoms with van der Waals surface area (Å²) in [6.07, 6.45) is 1.17. The van der Waals surface area contributed by atoms with E-state index in [1.165, 1.54) is 0 Å². The van der Waals surface area contributed by atoms with Crippen LogP contribution in [0.4, 0.5) is 0 Å². The van der Waals surface area contributed by atoms with Crippen LogP contribution in [0.15, 0.2) is 0 Å². The number of rotatable bonds is 1. The summed E-state index contributed by atoms with van der Waals surface area (Å²) in [7, 11) is 0. The maximum absolute atomic E-state index is 10.0. The standard InChI is InChI=1S/C9H14ClN3O/c1-6-12-8(10)7-4-9(14,5-11)2-3-13(6)7/h14H,2-5,11H2,1H3. The number of fused-ring (bicyclic) bond motifs is 1. The maximum Gasteiger partial charge on any atom is 0.150 e. The Hall–Kier alpha value is -0.580. The number of aromatic nitrogens is 2. The summed E-state index contributed by atoms with van der Waals surface area (Å²) in [4.78, 5) is 4.17. The average Bonchev–Trinajstić information content (AvgIpc) is 2.42. The topological polar surface area (TPSA) is 64.1 Å². The highest BCUT2D eigenvalue weighted by Crippen LogP contribution is 2.29. The van der Waals surface area contributed by atoms with Gasteiger partial charge >= 0.3 is 0 Å². The van der Waals surface area contributed by atoms with Gasteiger partial charge in [0.1, 0.15) is 5.82 Å². The second-order valence-electron chi connectivity index (χ2n) is 3.90. The van der Waals surface area contributed by atoms with Crippen LogP contribution >= 0.6 is 11.6 Å². The van der Waals surface area contributed by atoms with E-state index in [0.29, 0.717) is 18.0 Å². The van der Waals surface area contributed by atoms with Crippen LogP contribution in [0.25, 0.3) is 0 Å². The van der Waals surface area contributed by atoms with Crippen molar-refractivity contribution in [2.45, 2.75) is 31.9 Å². The van der Waals surface area contributed by atoms with Crippen molar-refractivity contribution in [1.82, 2.24) is 9.55 Å². The number of halogens is 1. The normalized spacial score (nSPS) is 26.3. The predicted molar refractivity (Wildman–Crippen MR) is 54.3 cm³/mol. The van der Waals surface area contributed by atoms with Crippen LogP contribution < -0.4 is 5.73 Å². The monoisotopic (exact) mass is 215 g/mol. The van der Waals surface area contributed by atoms with Crippen molar-refractivity contribution in [1.29, 1.82) is 0 Å². The van der Waals surface area contributed by atoms with Crippen LogP contribution in [0.5, 0.6) is 0 Å². The highest BCUT2D eigenvalue weighted by atomic mass is 35.5. The van der Waals surface area contributed by atoms with Crippen molar-refractivity contribution in [2.24, 2.45) is 5.73 Å². The van der Waals surface area contributed by atoms with Gasteiger partial charge in [-0.3, -0.25) is 0 Å². The molecule has 78 valence electrons. The summed E-state index contributed by atoms with van der Waals surface area (Å²) in [5.41, 5.74) is 5.64. The lowest BCUT2D eigenvalue weighted by Crippen LogP contribution is -2.44. The fourth-order valence-electron chi connectivity index (χ4n) is 1.93. The molecule has 4 nitrogen and oxygen atoms in total. The van der Waals surface area contributed by atoms with Crippen molar-refractivity contribution in [3.8, 4) is 0 Å². The number of hydrogen-bond acceptors (Lipinski definition) is 3. The first kappa shape index (κ1) is 9.96. The molecular weight excluding hydrogens is 202 g/mol. The molecule has 5 heteroatoms. The van der Waals surface area contributed by atoms with E-state index in [9.17, 15) is 5.11 Å². The van der Waals surface area contributed by atoms with Crippen LogP contribution in [-0.2, 0) is 13.0 Å². The molecule has 0 bridgehead atoms. The molecule has 0 aliphatic carbocycles. The molecule has 0 saturated heterocycles. The second-order valence-corrected chi connectivity index (χ2v) is 4.26. The lowest BCUT2D eigenvalue weighted by atomic mass is 9.91. The molecule has 0 radical (unpaired) electrons. The number of aryl methyl sites for hydroxylation is 1. The van der Waals surface area contributed by atoms with Crippen molar-refractivity contribution in [2.75, 3.05) is 6.54 Å². The third-order valence-corrected chi connectivity index (χ3v) is 3.19. The molecule has 0 aromatic carbocycles. The third-order valence-electron chi connectivity index (χ3n) is 2.89. The SMILES string of the molecule is Cc1nc(Cl)c2n1CCC(O)(CN)C2. The molecule has 1 aromatic rings. The van der Waals surface area contributed by atoms with E-state index in [-0.39, 0.29) is 6.54 Å². The Morgan fingerprint density at radius 2 is 2.43 bits per heavy atom. The van der Waals surface area contributed by atoms with E-state index in [1.807, 2.05) is 11.5 Å². The minimum absolute atomic E-state index is 0.271. The fraction of sp³-hybridized carbons (Fsp3) is 0.667. The van der Waals surface area contributed by atoms with Gasteiger partial charge in [-0.05, 0) is 13.3 Å². The van der Waals surface area contributed by atoms with Gasteiger partial charge in [0.25, 0.3) is 0 Å². The minimum atomic E-state index is -0.799. The van der Waals surface area contributed by atoms with Crippen LogP contribution in [0.1, 0.15) is 17.9 Å². The van der Waals surface area contributed by atoms with Crippen LogP contribution in [0.2, 0.25) is 5.15 Å². The number of hydrogen-bond donors (Lipinski definition) is 2. The zero-order valence-electron chi connectivity index (χ0n) is 8.13. The van der Waals surface area contributed by atoms with E-state index in [4.69, 9.17) is 17.3 Å². The molecule has 2 rings (SSSR count). The Labute approximate surface area is 87.7 Å². The van der Waals surface area contributed by atoms with Gasteiger partial charge in [0.05, 0.1) is 11.3 Å². The number of nitrogens with two attached hydrogens (primary N) is 1. The van der Waals surface area contributed by atoms with E-state index in [1.54, 1.807) is 0 Å². The van der Waals surface area contributed by atoms with Gasteiger partial charge in [-0.15, -0.1) is 0 Å². The van der Waals surface area contributed by atoms with Gasteiger partial charge < -0.3 is 15.4 Å². The summed E-state index contributed by atoms with van der Waals surface area (Å²) in [5.74, 6) is 0.907. The largest absolute Gasteiger partial charge is 0.388 e. The minimum Gasteiger partial charge on any atom is -0.388 e. The van der Waals surface area contributed by atoms with Gasteiger partial charge in [0.15, 0.2) is 5.15 Å². The van der Waals surface area contributed by atoms with Crippen molar-refractivity contribution in [3.05, 3.63) is 16.7 Å². The number of aliphatic hydroxyl groups is 1. The van der Waals surface area contributed by atoms with Crippen LogP contribution in [0, 0.1) is 6.92 Å². The summed E-state index contributed by atoms with van der Waals surface area (Å²) in [6.45, 7) is 2.93. The Balaban J connectivity index is 2.39. The molecule has 0 amide bonds. The third kappa shape index (κ3) is 1.43.